The molecule has 0 spiro atoms. The Morgan fingerprint density at radius 1 is 1.26 bits per heavy atom. The van der Waals surface area contributed by atoms with E-state index in [1.54, 1.807) is 29.4 Å². The lowest BCUT2D eigenvalue weighted by Gasteiger charge is -2.38. The molecular formula is C16H23N3O4. The summed E-state index contributed by atoms with van der Waals surface area (Å²) < 4.78 is 5.35. The zero-order chi connectivity index (χ0) is 17.0. The van der Waals surface area contributed by atoms with Crippen LogP contribution in [0.3, 0.4) is 0 Å². The number of carbonyl (C=O) groups excluding carboxylic acids is 1. The van der Waals surface area contributed by atoms with Crippen LogP contribution in [0, 0.1) is 0 Å². The molecule has 0 aliphatic carbocycles. The molecule has 1 N–H and O–H groups in total. The van der Waals surface area contributed by atoms with Gasteiger partial charge in [0, 0.05) is 38.6 Å². The maximum absolute atomic E-state index is 12.1. The van der Waals surface area contributed by atoms with E-state index in [9.17, 15) is 14.7 Å². The Kier molecular flexibility index (Phi) is 5.20. The van der Waals surface area contributed by atoms with Crippen molar-refractivity contribution < 1.29 is 19.4 Å². The lowest BCUT2D eigenvalue weighted by atomic mass is 10.1. The van der Waals surface area contributed by atoms with Crippen molar-refractivity contribution in [2.75, 3.05) is 26.2 Å². The Labute approximate surface area is 135 Å². The molecule has 1 unspecified atom stereocenters. The maximum Gasteiger partial charge on any atom is 0.410 e. The fourth-order valence-electron chi connectivity index (χ4n) is 2.54. The third-order valence-electron chi connectivity index (χ3n) is 3.57. The zero-order valence-electron chi connectivity index (χ0n) is 13.7. The second-order valence-electron chi connectivity index (χ2n) is 6.53. The van der Waals surface area contributed by atoms with Crippen molar-refractivity contribution in [2.24, 2.45) is 0 Å². The first-order valence-corrected chi connectivity index (χ1v) is 7.62. The molecule has 1 aromatic rings. The quantitative estimate of drug-likeness (QED) is 0.913. The van der Waals surface area contributed by atoms with Crippen LogP contribution < -0.4 is 0 Å². The summed E-state index contributed by atoms with van der Waals surface area (Å²) in [7, 11) is 0. The van der Waals surface area contributed by atoms with Gasteiger partial charge in [-0.25, -0.2) is 4.79 Å². The highest BCUT2D eigenvalue weighted by molar-refractivity contribution is 5.75. The summed E-state index contributed by atoms with van der Waals surface area (Å²) in [4.78, 5) is 31.1. The summed E-state index contributed by atoms with van der Waals surface area (Å²) >= 11 is 0. The molecule has 1 saturated heterocycles. The van der Waals surface area contributed by atoms with Crippen LogP contribution in [0.4, 0.5) is 4.79 Å². The molecule has 1 amide bonds. The molecule has 0 aromatic carbocycles. The molecule has 0 saturated carbocycles. The van der Waals surface area contributed by atoms with E-state index >= 15 is 0 Å². The number of hydrogen-bond donors (Lipinski definition) is 1. The summed E-state index contributed by atoms with van der Waals surface area (Å²) in [5, 5.41) is 9.53. The number of carboxylic acid groups (broad SMARTS) is 1. The zero-order valence-corrected chi connectivity index (χ0v) is 13.7. The number of hydrogen-bond acceptors (Lipinski definition) is 5. The van der Waals surface area contributed by atoms with Crippen LogP contribution in [-0.2, 0) is 9.53 Å². The first kappa shape index (κ1) is 17.2. The Morgan fingerprint density at radius 2 is 1.91 bits per heavy atom. The Hall–Kier alpha value is -2.15. The fourth-order valence-corrected chi connectivity index (χ4v) is 2.54. The van der Waals surface area contributed by atoms with Gasteiger partial charge in [-0.05, 0) is 32.4 Å². The van der Waals surface area contributed by atoms with Crippen LogP contribution >= 0.6 is 0 Å². The van der Waals surface area contributed by atoms with Crippen molar-refractivity contribution in [1.82, 2.24) is 14.8 Å². The summed E-state index contributed by atoms with van der Waals surface area (Å²) in [5.41, 5.74) is 0.110. The summed E-state index contributed by atoms with van der Waals surface area (Å²) in [6.45, 7) is 7.31. The molecule has 23 heavy (non-hydrogen) atoms. The number of rotatable bonds is 3. The minimum absolute atomic E-state index is 0.356. The van der Waals surface area contributed by atoms with Crippen LogP contribution in [0.25, 0.3) is 0 Å². The van der Waals surface area contributed by atoms with E-state index in [1.165, 1.54) is 0 Å². The highest BCUT2D eigenvalue weighted by Gasteiger charge is 2.32. The molecule has 2 rings (SSSR count). The van der Waals surface area contributed by atoms with Gasteiger partial charge in [-0.1, -0.05) is 6.07 Å². The number of aliphatic carboxylic acids is 1. The third kappa shape index (κ3) is 4.66. The summed E-state index contributed by atoms with van der Waals surface area (Å²) in [6.07, 6.45) is 2.83. The predicted octanol–water partition coefficient (Wildman–Crippen LogP) is 1.76. The SMILES string of the molecule is CC(C)(C)OC(=O)N1CCN(C(C(=O)O)c2cccnc2)CC1. The van der Waals surface area contributed by atoms with Crippen LogP contribution in [-0.4, -0.2) is 63.7 Å². The van der Waals surface area contributed by atoms with Gasteiger partial charge in [0.25, 0.3) is 0 Å². The molecule has 7 nitrogen and oxygen atoms in total. The van der Waals surface area contributed by atoms with Crippen LogP contribution in [0.1, 0.15) is 32.4 Å². The molecule has 1 aliphatic heterocycles. The maximum atomic E-state index is 12.1. The van der Waals surface area contributed by atoms with E-state index in [1.807, 2.05) is 25.7 Å². The molecule has 7 heteroatoms. The first-order valence-electron chi connectivity index (χ1n) is 7.62. The number of carboxylic acids is 1. The van der Waals surface area contributed by atoms with Gasteiger partial charge < -0.3 is 14.7 Å². The second kappa shape index (κ2) is 6.95. The molecule has 126 valence electrons. The minimum Gasteiger partial charge on any atom is -0.480 e. The third-order valence-corrected chi connectivity index (χ3v) is 3.57. The predicted molar refractivity (Wildman–Crippen MR) is 84.0 cm³/mol. The topological polar surface area (TPSA) is 83.0 Å². The van der Waals surface area contributed by atoms with E-state index in [0.29, 0.717) is 31.7 Å². The standard InChI is InChI=1S/C16H23N3O4/c1-16(2,3)23-15(22)19-9-7-18(8-10-19)13(14(20)21)12-5-4-6-17-11-12/h4-6,11,13H,7-10H2,1-3H3,(H,20,21). The molecule has 0 radical (unpaired) electrons. The molecular weight excluding hydrogens is 298 g/mol. The molecule has 0 bridgehead atoms. The van der Waals surface area contributed by atoms with Gasteiger partial charge in [-0.15, -0.1) is 0 Å². The van der Waals surface area contributed by atoms with Crippen molar-refractivity contribution >= 4 is 12.1 Å². The summed E-state index contributed by atoms with van der Waals surface area (Å²) in [5.74, 6) is -0.913. The van der Waals surface area contributed by atoms with Crippen molar-refractivity contribution in [3.05, 3.63) is 30.1 Å². The number of carbonyl (C=O) groups is 2. The lowest BCUT2D eigenvalue weighted by Crippen LogP contribution is -2.52. The Balaban J connectivity index is 2.00. The normalized spacial score (nSPS) is 17.6. The Bertz CT molecular complexity index is 548. The molecule has 2 heterocycles. The van der Waals surface area contributed by atoms with Crippen molar-refractivity contribution in [2.45, 2.75) is 32.4 Å². The summed E-state index contributed by atoms with van der Waals surface area (Å²) in [6, 6.07) is 2.73. The van der Waals surface area contributed by atoms with Gasteiger partial charge in [0.05, 0.1) is 0 Å². The van der Waals surface area contributed by atoms with Crippen molar-refractivity contribution in [3.63, 3.8) is 0 Å². The smallest absolute Gasteiger partial charge is 0.410 e. The van der Waals surface area contributed by atoms with Gasteiger partial charge >= 0.3 is 12.1 Å². The number of nitrogens with zero attached hydrogens (tertiary/aromatic N) is 3. The van der Waals surface area contributed by atoms with Crippen LogP contribution in [0.2, 0.25) is 0 Å². The van der Waals surface area contributed by atoms with E-state index in [4.69, 9.17) is 4.74 Å². The van der Waals surface area contributed by atoms with E-state index in [2.05, 4.69) is 4.98 Å². The largest absolute Gasteiger partial charge is 0.480 e. The number of piperazine rings is 1. The number of amides is 1. The number of aromatic nitrogens is 1. The van der Waals surface area contributed by atoms with Gasteiger partial charge in [-0.2, -0.15) is 0 Å². The number of ether oxygens (including phenoxy) is 1. The van der Waals surface area contributed by atoms with Crippen LogP contribution in [0.15, 0.2) is 24.5 Å². The van der Waals surface area contributed by atoms with Gasteiger partial charge in [0.2, 0.25) is 0 Å². The first-order chi connectivity index (χ1) is 10.8. The highest BCUT2D eigenvalue weighted by Crippen LogP contribution is 2.22. The fraction of sp³-hybridized carbons (Fsp3) is 0.562. The highest BCUT2D eigenvalue weighted by atomic mass is 16.6. The van der Waals surface area contributed by atoms with Gasteiger partial charge in [-0.3, -0.25) is 14.7 Å². The monoisotopic (exact) mass is 321 g/mol. The van der Waals surface area contributed by atoms with E-state index < -0.39 is 17.6 Å². The molecule has 1 atom stereocenters. The number of pyridine rings is 1. The average Bonchev–Trinajstić information content (AvgIpc) is 2.47. The molecule has 1 fully saturated rings. The average molecular weight is 321 g/mol. The van der Waals surface area contributed by atoms with Crippen molar-refractivity contribution in [3.8, 4) is 0 Å². The Morgan fingerprint density at radius 3 is 2.39 bits per heavy atom. The van der Waals surface area contributed by atoms with E-state index in [-0.39, 0.29) is 6.09 Å². The van der Waals surface area contributed by atoms with Crippen molar-refractivity contribution in [1.29, 1.82) is 0 Å². The van der Waals surface area contributed by atoms with Crippen LogP contribution in [0.5, 0.6) is 0 Å². The molecule has 1 aliphatic rings. The van der Waals surface area contributed by atoms with E-state index in [0.717, 1.165) is 0 Å². The lowest BCUT2D eigenvalue weighted by molar-refractivity contribution is -0.144. The minimum atomic E-state index is -0.913. The molecule has 1 aromatic heterocycles. The van der Waals surface area contributed by atoms with Gasteiger partial charge in [0.15, 0.2) is 0 Å². The van der Waals surface area contributed by atoms with Gasteiger partial charge in [0.1, 0.15) is 11.6 Å². The second-order valence-corrected chi connectivity index (χ2v) is 6.53.